The van der Waals surface area contributed by atoms with Crippen LogP contribution in [-0.2, 0) is 25.9 Å². The van der Waals surface area contributed by atoms with Gasteiger partial charge in [0.2, 0.25) is 11.4 Å². The predicted octanol–water partition coefficient (Wildman–Crippen LogP) is 14.7. The van der Waals surface area contributed by atoms with Crippen LogP contribution in [-0.4, -0.2) is 10.7 Å². The molecule has 67 heavy (non-hydrogen) atoms. The number of aromatic nitrogens is 3. The number of hydrogen-bond acceptors (Lipinski definition) is 3. The second kappa shape index (κ2) is 18.2. The molecular weight excluding hydrogens is 815 g/mol. The molecule has 0 aliphatic heterocycles. The molecule has 0 spiro atoms. The third-order valence-electron chi connectivity index (χ3n) is 14.0. The number of aliphatic imine (C=N–C) groups is 1. The molecule has 9 rings (SSSR count). The second-order valence-electron chi connectivity index (χ2n) is 19.2. The molecule has 0 fully saturated rings. The first-order valence-electron chi connectivity index (χ1n) is 23.6. The Bertz CT molecular complexity index is 3130. The summed E-state index contributed by atoms with van der Waals surface area (Å²) in [6, 6.07) is 42.3. The van der Waals surface area contributed by atoms with Gasteiger partial charge in [0.25, 0.3) is 0 Å². The maximum absolute atomic E-state index is 5.30. The van der Waals surface area contributed by atoms with Gasteiger partial charge < -0.3 is 4.90 Å². The van der Waals surface area contributed by atoms with Gasteiger partial charge in [-0.15, -0.1) is 0 Å². The molecule has 4 aromatic carbocycles. The van der Waals surface area contributed by atoms with Crippen molar-refractivity contribution in [2.45, 2.75) is 80.1 Å². The fraction of sp³-hybridized carbons (Fsp3) is 0.226. The maximum atomic E-state index is 5.30. The molecule has 7 aromatic rings. The molecule has 0 unspecified atom stereocenters. The van der Waals surface area contributed by atoms with Gasteiger partial charge in [-0.25, -0.2) is 9.13 Å². The van der Waals surface area contributed by atoms with Crippen LogP contribution < -0.4 is 14.0 Å². The summed E-state index contributed by atoms with van der Waals surface area (Å²) in [7, 11) is 4.22. The van der Waals surface area contributed by atoms with Crippen LogP contribution in [0.25, 0.3) is 50.5 Å². The van der Waals surface area contributed by atoms with Crippen molar-refractivity contribution in [3.63, 3.8) is 0 Å². The summed E-state index contributed by atoms with van der Waals surface area (Å²) in [5.41, 5.74) is 26.2. The van der Waals surface area contributed by atoms with Crippen LogP contribution in [0.4, 0.5) is 17.1 Å². The van der Waals surface area contributed by atoms with Crippen molar-refractivity contribution in [2.24, 2.45) is 19.1 Å². The summed E-state index contributed by atoms with van der Waals surface area (Å²) < 4.78 is 4.38. The highest BCUT2D eigenvalue weighted by Gasteiger charge is 2.38. The van der Waals surface area contributed by atoms with E-state index in [0.717, 1.165) is 70.4 Å². The van der Waals surface area contributed by atoms with Crippen molar-refractivity contribution >= 4 is 28.3 Å². The minimum atomic E-state index is -0.0413. The molecule has 3 heterocycles. The van der Waals surface area contributed by atoms with Gasteiger partial charge in [0, 0.05) is 58.0 Å². The smallest absolute Gasteiger partial charge is 0.212 e. The van der Waals surface area contributed by atoms with Gasteiger partial charge in [-0.3, -0.25) is 9.98 Å². The third-order valence-corrected chi connectivity index (χ3v) is 14.0. The van der Waals surface area contributed by atoms with E-state index < -0.39 is 0 Å². The van der Waals surface area contributed by atoms with Crippen molar-refractivity contribution in [3.05, 3.63) is 209 Å². The first-order chi connectivity index (χ1) is 32.2. The van der Waals surface area contributed by atoms with Crippen molar-refractivity contribution in [1.29, 1.82) is 0 Å². The summed E-state index contributed by atoms with van der Waals surface area (Å²) in [6.45, 7) is 21.8. The molecule has 3 aromatic heterocycles. The predicted molar refractivity (Wildman–Crippen MR) is 281 cm³/mol. The Balaban J connectivity index is 1.16. The zero-order chi connectivity index (χ0) is 47.1. The Morgan fingerprint density at radius 2 is 1.39 bits per heavy atom. The van der Waals surface area contributed by atoms with Gasteiger partial charge >= 0.3 is 0 Å². The molecule has 0 atom stereocenters. The zero-order valence-corrected chi connectivity index (χ0v) is 41.0. The van der Waals surface area contributed by atoms with E-state index in [1.807, 2.05) is 13.1 Å². The van der Waals surface area contributed by atoms with E-state index in [-0.39, 0.29) is 5.41 Å². The summed E-state index contributed by atoms with van der Waals surface area (Å²) in [6.07, 6.45) is 16.2. The van der Waals surface area contributed by atoms with E-state index >= 15 is 0 Å². The number of allylic oxidation sites excluding steroid dienone is 7. The first kappa shape index (κ1) is 44.9. The molecule has 0 saturated heterocycles. The molecule has 0 radical (unpaired) electrons. The Morgan fingerprint density at radius 3 is 1.99 bits per heavy atom. The van der Waals surface area contributed by atoms with Crippen LogP contribution >= 0.6 is 0 Å². The average molecular weight is 878 g/mol. The molecule has 0 bridgehead atoms. The molecule has 5 heteroatoms. The first-order valence-corrected chi connectivity index (χ1v) is 23.6. The van der Waals surface area contributed by atoms with E-state index in [0.29, 0.717) is 0 Å². The number of fused-ring (bicyclic) bond motifs is 2. The van der Waals surface area contributed by atoms with Crippen LogP contribution in [0, 0.1) is 20.8 Å². The normalized spacial score (nSPS) is 14.3. The highest BCUT2D eigenvalue weighted by Crippen LogP contribution is 2.52. The standard InChI is InChI=1S/C62H63N5/c1-40(2)64-43(5)34-41(3)35-47-37-54-51-20-12-13-23-55(51)62(8,9)56(54)38-53(47)52-36-46(29-28-42(52)4)57-31-30-48(39-63-57)67(58-26-18-21-49(44(58)6)60-24-14-16-32-65(60)10)59-27-19-22-50(45(59)7)61-25-15-17-33-66(61)11/h12,14-22,24-34,36-39H,1,13,23,35H2,2-11H3/q+2/b41-34+,64-43?. The number of nitrogens with zero attached hydrogens (tertiary/aromatic N) is 5. The fourth-order valence-corrected chi connectivity index (χ4v) is 10.6. The summed E-state index contributed by atoms with van der Waals surface area (Å²) in [5.74, 6) is 0. The zero-order valence-electron chi connectivity index (χ0n) is 41.0. The Morgan fingerprint density at radius 1 is 0.731 bits per heavy atom. The van der Waals surface area contributed by atoms with Crippen molar-refractivity contribution in [1.82, 2.24) is 4.98 Å². The van der Waals surface area contributed by atoms with Crippen LogP contribution in [0.15, 0.2) is 180 Å². The Hall–Kier alpha value is -7.24. The van der Waals surface area contributed by atoms with Gasteiger partial charge in [0.1, 0.15) is 14.1 Å². The molecule has 0 N–H and O–H groups in total. The molecule has 0 saturated carbocycles. The van der Waals surface area contributed by atoms with Crippen molar-refractivity contribution in [2.75, 3.05) is 4.90 Å². The molecule has 334 valence electrons. The van der Waals surface area contributed by atoms with Crippen molar-refractivity contribution in [3.8, 4) is 44.9 Å². The van der Waals surface area contributed by atoms with Gasteiger partial charge in [0.05, 0.1) is 28.7 Å². The van der Waals surface area contributed by atoms with Crippen LogP contribution in [0.1, 0.15) is 80.8 Å². The molecule has 5 nitrogen and oxygen atoms in total. The van der Waals surface area contributed by atoms with E-state index in [2.05, 4.69) is 234 Å². The Kier molecular flexibility index (Phi) is 12.2. The minimum Gasteiger partial charge on any atom is -0.308 e. The number of aryl methyl sites for hydroxylation is 3. The highest BCUT2D eigenvalue weighted by atomic mass is 15.2. The number of benzene rings is 4. The van der Waals surface area contributed by atoms with E-state index in [4.69, 9.17) is 4.98 Å². The van der Waals surface area contributed by atoms with Gasteiger partial charge in [0.15, 0.2) is 12.4 Å². The average Bonchev–Trinajstić information content (AvgIpc) is 3.52. The lowest BCUT2D eigenvalue weighted by atomic mass is 9.77. The van der Waals surface area contributed by atoms with Crippen LogP contribution in [0.3, 0.4) is 0 Å². The monoisotopic (exact) mass is 878 g/mol. The topological polar surface area (TPSA) is 36.2 Å². The lowest BCUT2D eigenvalue weighted by molar-refractivity contribution is -0.660. The lowest BCUT2D eigenvalue weighted by Crippen LogP contribution is -2.30. The van der Waals surface area contributed by atoms with Crippen LogP contribution in [0.5, 0.6) is 0 Å². The largest absolute Gasteiger partial charge is 0.308 e. The summed E-state index contributed by atoms with van der Waals surface area (Å²) in [4.78, 5) is 12.3. The molecule has 2 aliphatic rings. The molecular formula is C62H63N5+2. The highest BCUT2D eigenvalue weighted by molar-refractivity contribution is 5.94. The number of anilines is 3. The molecule has 2 aliphatic carbocycles. The van der Waals surface area contributed by atoms with Gasteiger partial charge in [-0.2, -0.15) is 0 Å². The maximum Gasteiger partial charge on any atom is 0.212 e. The Labute approximate surface area is 398 Å². The third kappa shape index (κ3) is 8.55. The fourth-order valence-electron chi connectivity index (χ4n) is 10.6. The minimum absolute atomic E-state index is 0.0413. The second-order valence-corrected chi connectivity index (χ2v) is 19.2. The number of rotatable bonds is 11. The van der Waals surface area contributed by atoms with E-state index in [1.165, 1.54) is 66.8 Å². The summed E-state index contributed by atoms with van der Waals surface area (Å²) >= 11 is 0. The number of pyridine rings is 3. The summed E-state index contributed by atoms with van der Waals surface area (Å²) in [5, 5.41) is 0. The van der Waals surface area contributed by atoms with Gasteiger partial charge in [-0.05, 0) is 184 Å². The van der Waals surface area contributed by atoms with Crippen LogP contribution in [0.2, 0.25) is 0 Å². The molecule has 0 amide bonds. The SMILES string of the molecule is C=C(C)N=C(C)/C=C(\C)Cc1cc2c(cc1-c1cc(-c3ccc(N(c4cccc(-c5cccc[n+]5C)c4C)c4cccc(-c5cccc[n+]5C)c4C)cn3)ccc1C)C(C)(C)C1=C2C=CCC1. The van der Waals surface area contributed by atoms with E-state index in [1.54, 1.807) is 5.57 Å². The van der Waals surface area contributed by atoms with Gasteiger partial charge in [-0.1, -0.05) is 68.0 Å². The lowest BCUT2D eigenvalue weighted by Gasteiger charge is -2.29. The van der Waals surface area contributed by atoms with E-state index in [9.17, 15) is 0 Å². The quantitative estimate of drug-likeness (QED) is 0.0959. The van der Waals surface area contributed by atoms with Crippen molar-refractivity contribution < 1.29 is 9.13 Å². The number of hydrogen-bond donors (Lipinski definition) is 0.